The van der Waals surface area contributed by atoms with Gasteiger partial charge in [-0.05, 0) is 48.6 Å². The number of carbonyl (C=O) groups is 1. The summed E-state index contributed by atoms with van der Waals surface area (Å²) >= 11 is 3.60. The first-order valence-corrected chi connectivity index (χ1v) is 12.7. The van der Waals surface area contributed by atoms with Crippen molar-refractivity contribution in [2.75, 3.05) is 33.7 Å². The molecule has 0 aromatic heterocycles. The highest BCUT2D eigenvalue weighted by Crippen LogP contribution is 2.40. The molecule has 0 atom stereocenters. The SMILES string of the molecule is CN(C)C(=O)C(CCN1CCC(O)(c2ccccc2Br)CC1)(c1ccccc1)c1ccccc1.O. The molecule has 5 nitrogen and oxygen atoms in total. The zero-order valence-electron chi connectivity index (χ0n) is 20.5. The van der Waals surface area contributed by atoms with Gasteiger partial charge in [0.05, 0.1) is 5.60 Å². The van der Waals surface area contributed by atoms with Crippen molar-refractivity contribution in [2.24, 2.45) is 0 Å². The summed E-state index contributed by atoms with van der Waals surface area (Å²) in [6.45, 7) is 2.34. The highest BCUT2D eigenvalue weighted by Gasteiger charge is 2.43. The van der Waals surface area contributed by atoms with Crippen molar-refractivity contribution < 1.29 is 15.4 Å². The number of amides is 1. The minimum Gasteiger partial charge on any atom is -0.412 e. The Kier molecular flexibility index (Phi) is 8.89. The molecule has 0 radical (unpaired) electrons. The van der Waals surface area contributed by atoms with Crippen LogP contribution in [0.25, 0.3) is 0 Å². The van der Waals surface area contributed by atoms with E-state index in [1.54, 1.807) is 4.90 Å². The Labute approximate surface area is 216 Å². The number of aliphatic hydroxyl groups is 1. The van der Waals surface area contributed by atoms with Crippen LogP contribution in [0.4, 0.5) is 0 Å². The Bertz CT molecular complexity index is 1060. The molecule has 0 spiro atoms. The second kappa shape index (κ2) is 11.5. The predicted molar refractivity (Wildman–Crippen MR) is 144 cm³/mol. The standard InChI is InChI=1S/C29H33BrN2O2.H2O/c1-31(2)27(33)29(23-11-5-3-6-12-23,24-13-7-4-8-14-24)19-22-32-20-17-28(34,18-21-32)25-15-9-10-16-26(25)30;/h3-16,34H,17-22H2,1-2H3;1H2. The molecule has 0 saturated carbocycles. The summed E-state index contributed by atoms with van der Waals surface area (Å²) in [5, 5.41) is 11.4. The zero-order chi connectivity index (χ0) is 24.2. The van der Waals surface area contributed by atoms with Gasteiger partial charge < -0.3 is 20.4 Å². The number of halogens is 1. The number of nitrogens with zero attached hydrogens (tertiary/aromatic N) is 2. The van der Waals surface area contributed by atoms with Crippen molar-refractivity contribution in [3.05, 3.63) is 106 Å². The molecule has 1 saturated heterocycles. The Hall–Kier alpha value is -2.51. The Balaban J connectivity index is 0.00000342. The minimum atomic E-state index is -0.827. The van der Waals surface area contributed by atoms with Crippen molar-refractivity contribution in [3.8, 4) is 0 Å². The van der Waals surface area contributed by atoms with Crippen LogP contribution < -0.4 is 0 Å². The van der Waals surface area contributed by atoms with E-state index < -0.39 is 11.0 Å². The summed E-state index contributed by atoms with van der Waals surface area (Å²) in [6, 6.07) is 28.2. The molecule has 35 heavy (non-hydrogen) atoms. The fourth-order valence-electron chi connectivity index (χ4n) is 5.22. The average molecular weight is 540 g/mol. The molecule has 1 aliphatic rings. The van der Waals surface area contributed by atoms with E-state index in [2.05, 4.69) is 45.1 Å². The second-order valence-electron chi connectivity index (χ2n) is 9.44. The van der Waals surface area contributed by atoms with E-state index in [4.69, 9.17) is 0 Å². The van der Waals surface area contributed by atoms with Crippen LogP contribution in [0, 0.1) is 0 Å². The minimum absolute atomic E-state index is 0. The Morgan fingerprint density at radius 2 is 1.40 bits per heavy atom. The van der Waals surface area contributed by atoms with Crippen molar-refractivity contribution >= 4 is 21.8 Å². The van der Waals surface area contributed by atoms with Gasteiger partial charge in [-0.25, -0.2) is 0 Å². The van der Waals surface area contributed by atoms with Crippen LogP contribution in [0.5, 0.6) is 0 Å². The van der Waals surface area contributed by atoms with Crippen molar-refractivity contribution in [3.63, 3.8) is 0 Å². The highest BCUT2D eigenvalue weighted by atomic mass is 79.9. The number of hydrogen-bond acceptors (Lipinski definition) is 3. The average Bonchev–Trinajstić information content (AvgIpc) is 2.87. The van der Waals surface area contributed by atoms with Crippen LogP contribution in [0.1, 0.15) is 36.0 Å². The topological polar surface area (TPSA) is 75.3 Å². The monoisotopic (exact) mass is 538 g/mol. The van der Waals surface area contributed by atoms with Crippen molar-refractivity contribution in [1.82, 2.24) is 9.80 Å². The van der Waals surface area contributed by atoms with Gasteiger partial charge in [-0.2, -0.15) is 0 Å². The van der Waals surface area contributed by atoms with Gasteiger partial charge in [0.1, 0.15) is 5.41 Å². The van der Waals surface area contributed by atoms with Crippen molar-refractivity contribution in [1.29, 1.82) is 0 Å². The normalized spacial score (nSPS) is 15.8. The van der Waals surface area contributed by atoms with Crippen LogP contribution >= 0.6 is 15.9 Å². The summed E-state index contributed by atoms with van der Waals surface area (Å²) in [4.78, 5) is 17.9. The zero-order valence-corrected chi connectivity index (χ0v) is 22.0. The molecule has 3 aromatic carbocycles. The van der Waals surface area contributed by atoms with Gasteiger partial charge in [-0.1, -0.05) is 94.8 Å². The highest BCUT2D eigenvalue weighted by molar-refractivity contribution is 9.10. The first kappa shape index (κ1) is 27.1. The Morgan fingerprint density at radius 3 is 1.89 bits per heavy atom. The molecule has 0 aliphatic carbocycles. The predicted octanol–water partition coefficient (Wildman–Crippen LogP) is 4.37. The van der Waals surface area contributed by atoms with E-state index in [1.165, 1.54) is 0 Å². The summed E-state index contributed by atoms with van der Waals surface area (Å²) in [5.41, 5.74) is 1.40. The third-order valence-corrected chi connectivity index (χ3v) is 7.86. The maximum atomic E-state index is 13.8. The van der Waals surface area contributed by atoms with E-state index in [9.17, 15) is 9.90 Å². The maximum absolute atomic E-state index is 13.8. The van der Waals surface area contributed by atoms with E-state index >= 15 is 0 Å². The summed E-state index contributed by atoms with van der Waals surface area (Å²) in [5.74, 6) is 0.0895. The lowest BCUT2D eigenvalue weighted by atomic mass is 9.70. The molecule has 186 valence electrons. The van der Waals surface area contributed by atoms with Crippen LogP contribution in [0.3, 0.4) is 0 Å². The number of rotatable bonds is 7. The van der Waals surface area contributed by atoms with E-state index in [0.29, 0.717) is 19.3 Å². The third-order valence-electron chi connectivity index (χ3n) is 7.17. The molecule has 1 aliphatic heterocycles. The first-order chi connectivity index (χ1) is 16.4. The van der Waals surface area contributed by atoms with E-state index in [-0.39, 0.29) is 11.4 Å². The number of carbonyl (C=O) groups excluding carboxylic acids is 1. The van der Waals surface area contributed by atoms with E-state index in [0.717, 1.165) is 40.8 Å². The number of benzene rings is 3. The van der Waals surface area contributed by atoms with Crippen molar-refractivity contribution in [2.45, 2.75) is 30.3 Å². The number of hydrogen-bond donors (Lipinski definition) is 1. The van der Waals surface area contributed by atoms with Gasteiger partial charge in [0.25, 0.3) is 0 Å². The summed E-state index contributed by atoms with van der Waals surface area (Å²) < 4.78 is 0.953. The quantitative estimate of drug-likeness (QED) is 0.485. The number of likely N-dealkylation sites (N-methyl/N-ethyl adjacent to an activating group) is 1. The van der Waals surface area contributed by atoms with Gasteiger partial charge in [0, 0.05) is 31.7 Å². The second-order valence-corrected chi connectivity index (χ2v) is 10.3. The lowest BCUT2D eigenvalue weighted by molar-refractivity contribution is -0.133. The lowest BCUT2D eigenvalue weighted by Gasteiger charge is -2.41. The maximum Gasteiger partial charge on any atom is 0.237 e. The van der Waals surface area contributed by atoms with Crippen LogP contribution in [-0.4, -0.2) is 60.0 Å². The van der Waals surface area contributed by atoms with Gasteiger partial charge in [-0.15, -0.1) is 0 Å². The molecule has 1 amide bonds. The molecule has 0 unspecified atom stereocenters. The molecule has 3 aromatic rings. The Morgan fingerprint density at radius 1 is 0.914 bits per heavy atom. The van der Waals surface area contributed by atoms with E-state index in [1.807, 2.05) is 74.8 Å². The largest absolute Gasteiger partial charge is 0.412 e. The molecular formula is C29H35BrN2O3. The van der Waals surface area contributed by atoms with Crippen LogP contribution in [0.15, 0.2) is 89.4 Å². The molecule has 1 fully saturated rings. The smallest absolute Gasteiger partial charge is 0.237 e. The number of piperidine rings is 1. The van der Waals surface area contributed by atoms with Gasteiger partial charge in [0.15, 0.2) is 0 Å². The number of likely N-dealkylation sites (tertiary alicyclic amines) is 1. The van der Waals surface area contributed by atoms with Crippen LogP contribution in [0.2, 0.25) is 0 Å². The fraction of sp³-hybridized carbons (Fsp3) is 0.345. The summed E-state index contributed by atoms with van der Waals surface area (Å²) in [7, 11) is 3.67. The van der Waals surface area contributed by atoms with Crippen LogP contribution in [-0.2, 0) is 15.8 Å². The van der Waals surface area contributed by atoms with Gasteiger partial charge >= 0.3 is 0 Å². The third kappa shape index (κ3) is 5.51. The molecule has 6 heteroatoms. The lowest BCUT2D eigenvalue weighted by Crippen LogP contribution is -2.49. The molecule has 1 heterocycles. The molecule has 0 bridgehead atoms. The first-order valence-electron chi connectivity index (χ1n) is 11.9. The molecular weight excluding hydrogens is 504 g/mol. The summed E-state index contributed by atoms with van der Waals surface area (Å²) in [6.07, 6.45) is 2.01. The fourth-order valence-corrected chi connectivity index (χ4v) is 5.87. The van der Waals surface area contributed by atoms with Gasteiger partial charge in [-0.3, -0.25) is 4.79 Å². The van der Waals surface area contributed by atoms with Gasteiger partial charge in [0.2, 0.25) is 5.91 Å². The molecule has 3 N–H and O–H groups in total. The molecule has 4 rings (SSSR count).